The van der Waals surface area contributed by atoms with Gasteiger partial charge in [0.05, 0.1) is 16.4 Å². The molecule has 1 aromatic carbocycles. The van der Waals surface area contributed by atoms with E-state index in [4.69, 9.17) is 17.3 Å². The fourth-order valence-electron chi connectivity index (χ4n) is 1.50. The van der Waals surface area contributed by atoms with Crippen LogP contribution in [0.4, 0.5) is 15.8 Å². The highest BCUT2D eigenvalue weighted by atomic mass is 35.5. The van der Waals surface area contributed by atoms with Crippen molar-refractivity contribution in [1.29, 1.82) is 0 Å². The number of benzene rings is 1. The summed E-state index contributed by atoms with van der Waals surface area (Å²) in [6, 6.07) is 2.82. The van der Waals surface area contributed by atoms with Gasteiger partial charge in [0.2, 0.25) is 0 Å². The van der Waals surface area contributed by atoms with Crippen molar-refractivity contribution >= 4 is 23.0 Å². The lowest BCUT2D eigenvalue weighted by atomic mass is 10.2. The Morgan fingerprint density at radius 1 is 1.50 bits per heavy atom. The van der Waals surface area contributed by atoms with Gasteiger partial charge >= 0.3 is 0 Å². The zero-order chi connectivity index (χ0) is 12.1. The molecule has 0 aliphatic rings. The molecule has 0 heterocycles. The van der Waals surface area contributed by atoms with E-state index in [0.717, 1.165) is 25.2 Å². The summed E-state index contributed by atoms with van der Waals surface area (Å²) in [5, 5.41) is 3.17. The monoisotopic (exact) mass is 245 g/mol. The second kappa shape index (κ2) is 5.92. The van der Waals surface area contributed by atoms with Gasteiger partial charge in [0.25, 0.3) is 0 Å². The molecule has 16 heavy (non-hydrogen) atoms. The SMILES string of the molecule is CNCCCN(C)c1cc(Cl)c(F)cc1N. The van der Waals surface area contributed by atoms with E-state index in [2.05, 4.69) is 5.32 Å². The van der Waals surface area contributed by atoms with Gasteiger partial charge in [-0.3, -0.25) is 0 Å². The summed E-state index contributed by atoms with van der Waals surface area (Å²) in [4.78, 5) is 1.97. The summed E-state index contributed by atoms with van der Waals surface area (Å²) in [6.07, 6.45) is 0.988. The van der Waals surface area contributed by atoms with Crippen LogP contribution in [0.15, 0.2) is 12.1 Å². The Morgan fingerprint density at radius 3 is 2.81 bits per heavy atom. The maximum atomic E-state index is 13.1. The molecule has 90 valence electrons. The fourth-order valence-corrected chi connectivity index (χ4v) is 1.65. The number of nitrogens with zero attached hydrogens (tertiary/aromatic N) is 1. The first-order valence-electron chi connectivity index (χ1n) is 5.16. The van der Waals surface area contributed by atoms with Crippen LogP contribution in [-0.2, 0) is 0 Å². The van der Waals surface area contributed by atoms with E-state index >= 15 is 0 Å². The highest BCUT2D eigenvalue weighted by Gasteiger charge is 2.09. The van der Waals surface area contributed by atoms with Crippen molar-refractivity contribution in [3.8, 4) is 0 Å². The van der Waals surface area contributed by atoms with E-state index in [1.165, 1.54) is 6.07 Å². The van der Waals surface area contributed by atoms with Crippen molar-refractivity contribution < 1.29 is 4.39 Å². The standard InChI is InChI=1S/C11H17ClFN3/c1-15-4-3-5-16(2)11-6-8(12)9(13)7-10(11)14/h6-7,15H,3-5,14H2,1-2H3. The summed E-state index contributed by atoms with van der Waals surface area (Å²) in [7, 11) is 3.82. The number of nitrogens with one attached hydrogen (secondary N) is 1. The Hall–Kier alpha value is -1.00. The van der Waals surface area contributed by atoms with Gasteiger partial charge in [-0.1, -0.05) is 11.6 Å². The third kappa shape index (κ3) is 3.25. The van der Waals surface area contributed by atoms with Crippen LogP contribution in [-0.4, -0.2) is 27.2 Å². The molecule has 0 atom stereocenters. The average Bonchev–Trinajstić information content (AvgIpc) is 2.23. The predicted octanol–water partition coefficient (Wildman–Crippen LogP) is 2.11. The average molecular weight is 246 g/mol. The van der Waals surface area contributed by atoms with Crippen LogP contribution in [0.3, 0.4) is 0 Å². The number of anilines is 2. The molecule has 0 amide bonds. The second-order valence-electron chi connectivity index (χ2n) is 3.70. The molecule has 0 fully saturated rings. The predicted molar refractivity (Wildman–Crippen MR) is 67.6 cm³/mol. The minimum Gasteiger partial charge on any atom is -0.397 e. The van der Waals surface area contributed by atoms with Crippen molar-refractivity contribution in [2.75, 3.05) is 37.8 Å². The van der Waals surface area contributed by atoms with Gasteiger partial charge in [0, 0.05) is 19.7 Å². The number of rotatable bonds is 5. The van der Waals surface area contributed by atoms with Gasteiger partial charge in [-0.05, 0) is 26.1 Å². The van der Waals surface area contributed by atoms with Gasteiger partial charge in [-0.2, -0.15) is 0 Å². The highest BCUT2D eigenvalue weighted by Crippen LogP contribution is 2.28. The first-order chi connectivity index (χ1) is 7.56. The molecule has 0 aliphatic heterocycles. The molecular weight excluding hydrogens is 229 g/mol. The van der Waals surface area contributed by atoms with Crippen LogP contribution < -0.4 is 16.0 Å². The lowest BCUT2D eigenvalue weighted by molar-refractivity contribution is 0.628. The van der Waals surface area contributed by atoms with Gasteiger partial charge in [-0.25, -0.2) is 4.39 Å². The maximum Gasteiger partial charge on any atom is 0.143 e. The van der Waals surface area contributed by atoms with E-state index in [1.54, 1.807) is 6.07 Å². The molecule has 3 nitrogen and oxygen atoms in total. The third-order valence-corrected chi connectivity index (χ3v) is 2.69. The van der Waals surface area contributed by atoms with Crippen molar-refractivity contribution in [1.82, 2.24) is 5.32 Å². The van der Waals surface area contributed by atoms with Gasteiger partial charge < -0.3 is 16.0 Å². The second-order valence-corrected chi connectivity index (χ2v) is 4.11. The summed E-state index contributed by atoms with van der Waals surface area (Å²) in [5.74, 6) is -0.480. The Labute approximate surface area is 100 Å². The largest absolute Gasteiger partial charge is 0.397 e. The number of nitrogen functional groups attached to an aromatic ring is 1. The molecule has 1 rings (SSSR count). The Balaban J connectivity index is 2.75. The van der Waals surface area contributed by atoms with E-state index in [1.807, 2.05) is 19.0 Å². The summed E-state index contributed by atoms with van der Waals surface area (Å²) in [5.41, 5.74) is 6.92. The molecule has 0 unspecified atom stereocenters. The maximum absolute atomic E-state index is 13.1. The van der Waals surface area contributed by atoms with Crippen LogP contribution in [0.25, 0.3) is 0 Å². The molecule has 0 saturated carbocycles. The topological polar surface area (TPSA) is 41.3 Å². The molecule has 0 radical (unpaired) electrons. The fraction of sp³-hybridized carbons (Fsp3) is 0.455. The Morgan fingerprint density at radius 2 is 2.19 bits per heavy atom. The minimum atomic E-state index is -0.480. The van der Waals surface area contributed by atoms with Crippen molar-refractivity contribution in [3.05, 3.63) is 23.0 Å². The minimum absolute atomic E-state index is 0.102. The third-order valence-electron chi connectivity index (χ3n) is 2.40. The van der Waals surface area contributed by atoms with Crippen LogP contribution in [0.1, 0.15) is 6.42 Å². The van der Waals surface area contributed by atoms with Crippen LogP contribution in [0.2, 0.25) is 5.02 Å². The van der Waals surface area contributed by atoms with Crippen LogP contribution >= 0.6 is 11.6 Å². The summed E-state index contributed by atoms with van der Waals surface area (Å²) >= 11 is 5.72. The van der Waals surface area contributed by atoms with Crippen LogP contribution in [0.5, 0.6) is 0 Å². The number of nitrogens with two attached hydrogens (primary N) is 1. The summed E-state index contributed by atoms with van der Waals surface area (Å²) < 4.78 is 13.1. The molecule has 0 aliphatic carbocycles. The van der Waals surface area contributed by atoms with Crippen molar-refractivity contribution in [2.45, 2.75) is 6.42 Å². The van der Waals surface area contributed by atoms with Gasteiger partial charge in [0.15, 0.2) is 0 Å². The zero-order valence-electron chi connectivity index (χ0n) is 9.56. The molecule has 3 N–H and O–H groups in total. The van der Waals surface area contributed by atoms with Crippen molar-refractivity contribution in [3.63, 3.8) is 0 Å². The number of hydrogen-bond acceptors (Lipinski definition) is 3. The van der Waals surface area contributed by atoms with Crippen LogP contribution in [0, 0.1) is 5.82 Å². The molecule has 0 bridgehead atoms. The van der Waals surface area contributed by atoms with Crippen molar-refractivity contribution in [2.24, 2.45) is 0 Å². The molecule has 5 heteroatoms. The van der Waals surface area contributed by atoms with Gasteiger partial charge in [-0.15, -0.1) is 0 Å². The Kier molecular flexibility index (Phi) is 4.83. The van der Waals surface area contributed by atoms with Gasteiger partial charge in [0.1, 0.15) is 5.82 Å². The highest BCUT2D eigenvalue weighted by molar-refractivity contribution is 6.31. The zero-order valence-corrected chi connectivity index (χ0v) is 10.3. The van der Waals surface area contributed by atoms with E-state index in [9.17, 15) is 4.39 Å². The lowest BCUT2D eigenvalue weighted by Crippen LogP contribution is -2.23. The smallest absolute Gasteiger partial charge is 0.143 e. The number of hydrogen-bond donors (Lipinski definition) is 2. The quantitative estimate of drug-likeness (QED) is 0.617. The molecule has 1 aromatic rings. The molecule has 0 saturated heterocycles. The first-order valence-corrected chi connectivity index (χ1v) is 5.54. The first kappa shape index (κ1) is 13.1. The van der Waals surface area contributed by atoms with E-state index in [0.29, 0.717) is 5.69 Å². The molecule has 0 spiro atoms. The lowest BCUT2D eigenvalue weighted by Gasteiger charge is -2.21. The molecule has 0 aromatic heterocycles. The normalized spacial score (nSPS) is 10.5. The van der Waals surface area contributed by atoms with E-state index in [-0.39, 0.29) is 5.02 Å². The molecular formula is C11H17ClFN3. The number of halogens is 2. The summed E-state index contributed by atoms with van der Waals surface area (Å²) in [6.45, 7) is 1.77. The Bertz CT molecular complexity index is 357. The van der Waals surface area contributed by atoms with E-state index < -0.39 is 5.82 Å².